The first-order valence-corrected chi connectivity index (χ1v) is 8.15. The molecule has 0 amide bonds. The minimum Gasteiger partial charge on any atom is -0.479 e. The van der Waals surface area contributed by atoms with Gasteiger partial charge in [-0.3, -0.25) is 4.99 Å². The third-order valence-electron chi connectivity index (χ3n) is 3.93. The van der Waals surface area contributed by atoms with Crippen molar-refractivity contribution < 1.29 is 36.2 Å². The predicted molar refractivity (Wildman–Crippen MR) is 95.0 cm³/mol. The van der Waals surface area contributed by atoms with E-state index in [1.165, 1.54) is 24.3 Å². The Kier molecular flexibility index (Phi) is 6.13. The van der Waals surface area contributed by atoms with Crippen LogP contribution in [-0.2, 0) is 22.7 Å². The molecule has 0 bridgehead atoms. The highest BCUT2D eigenvalue weighted by Crippen LogP contribution is 2.36. The van der Waals surface area contributed by atoms with Gasteiger partial charge in [-0.25, -0.2) is 4.79 Å². The Labute approximate surface area is 166 Å². The summed E-state index contributed by atoms with van der Waals surface area (Å²) in [6.07, 6.45) is -8.53. The van der Waals surface area contributed by atoms with Crippen LogP contribution in [-0.4, -0.2) is 17.3 Å². The quantitative estimate of drug-likeness (QED) is 0.358. The van der Waals surface area contributed by atoms with E-state index in [1.54, 1.807) is 0 Å². The molecule has 3 nitrogen and oxygen atoms in total. The second-order valence-corrected chi connectivity index (χ2v) is 6.32. The van der Waals surface area contributed by atoms with Crippen LogP contribution in [0.4, 0.5) is 26.3 Å². The molecule has 0 heterocycles. The second kappa shape index (κ2) is 7.90. The molecule has 10 heteroatoms. The molecule has 154 valence electrons. The van der Waals surface area contributed by atoms with E-state index in [4.69, 9.17) is 11.6 Å². The van der Waals surface area contributed by atoms with E-state index in [0.717, 1.165) is 6.08 Å². The molecule has 2 aromatic carbocycles. The highest BCUT2D eigenvalue weighted by Gasteiger charge is 2.38. The van der Waals surface area contributed by atoms with Gasteiger partial charge in [0, 0.05) is 11.2 Å². The summed E-state index contributed by atoms with van der Waals surface area (Å²) in [5, 5.41) is 9.90. The second-order valence-electron chi connectivity index (χ2n) is 5.88. The van der Waals surface area contributed by atoms with Gasteiger partial charge < -0.3 is 5.11 Å². The summed E-state index contributed by atoms with van der Waals surface area (Å²) in [6, 6.07) is 6.19. The lowest BCUT2D eigenvalue weighted by Gasteiger charge is -2.22. The Hall–Kier alpha value is -2.81. The molecule has 0 saturated carbocycles. The molecule has 0 saturated heterocycles. The van der Waals surface area contributed by atoms with E-state index in [9.17, 15) is 36.2 Å². The monoisotopic (exact) mass is 435 g/mol. The molecule has 1 unspecified atom stereocenters. The third kappa shape index (κ3) is 4.97. The van der Waals surface area contributed by atoms with Crippen LogP contribution in [0, 0.1) is 0 Å². The number of carboxylic acid groups (broad SMARTS) is 1. The highest BCUT2D eigenvalue weighted by molar-refractivity contribution is 6.30. The molecule has 0 fully saturated rings. The summed E-state index contributed by atoms with van der Waals surface area (Å²) in [5.74, 6) is -1.53. The third-order valence-corrected chi connectivity index (χ3v) is 4.19. The first kappa shape index (κ1) is 22.5. The minimum absolute atomic E-state index is 0.0333. The minimum atomic E-state index is -5.04. The van der Waals surface area contributed by atoms with Crippen LogP contribution in [0.1, 0.15) is 22.3 Å². The maximum atomic E-state index is 13.0. The van der Waals surface area contributed by atoms with Gasteiger partial charge >= 0.3 is 18.3 Å². The summed E-state index contributed by atoms with van der Waals surface area (Å²) >= 11 is 5.75. The van der Waals surface area contributed by atoms with Crippen LogP contribution in [0.15, 0.2) is 60.1 Å². The summed E-state index contributed by atoms with van der Waals surface area (Å²) in [6.45, 7) is 3.39. The lowest BCUT2D eigenvalue weighted by Crippen LogP contribution is -2.31. The predicted octanol–water partition coefficient (Wildman–Crippen LogP) is 5.96. The average molecular weight is 436 g/mol. The number of carbonyl (C=O) groups is 1. The molecule has 0 spiro atoms. The highest BCUT2D eigenvalue weighted by atomic mass is 35.5. The summed E-state index contributed by atoms with van der Waals surface area (Å²) in [5.41, 5.74) is -5.74. The Bertz CT molecular complexity index is 918. The SMILES string of the molecule is C=CC(N=Cc1cc(C(F)(F)F)cc(C(F)(F)F)c1)(C(=O)O)c1ccc(Cl)cc1. The van der Waals surface area contributed by atoms with E-state index in [-0.39, 0.29) is 16.7 Å². The largest absolute Gasteiger partial charge is 0.479 e. The van der Waals surface area contributed by atoms with Gasteiger partial charge in [-0.05, 0) is 47.5 Å². The zero-order valence-corrected chi connectivity index (χ0v) is 15.1. The molecule has 1 N–H and O–H groups in total. The van der Waals surface area contributed by atoms with E-state index in [2.05, 4.69) is 11.6 Å². The zero-order chi connectivity index (χ0) is 22.0. The first-order valence-electron chi connectivity index (χ1n) is 7.77. The Balaban J connectivity index is 2.63. The molecule has 0 radical (unpaired) electrons. The van der Waals surface area contributed by atoms with Gasteiger partial charge in [-0.15, -0.1) is 0 Å². The molecular formula is C19H12ClF6NO2. The van der Waals surface area contributed by atoms with E-state index >= 15 is 0 Å². The fourth-order valence-electron chi connectivity index (χ4n) is 2.44. The Morgan fingerprint density at radius 1 is 0.931 bits per heavy atom. The standard InChI is InChI=1S/C19H12ClF6NO2/c1-2-17(16(28)29,12-3-5-15(20)6-4-12)27-10-11-7-13(18(21,22)23)9-14(8-11)19(24,25)26/h2-10H,1H2,(H,28,29). The number of nitrogens with zero attached hydrogens (tertiary/aromatic N) is 1. The topological polar surface area (TPSA) is 49.7 Å². The number of hydrogen-bond acceptors (Lipinski definition) is 2. The van der Waals surface area contributed by atoms with Crippen molar-refractivity contribution >= 4 is 23.8 Å². The molecule has 1 atom stereocenters. The van der Waals surface area contributed by atoms with Crippen LogP contribution in [0.3, 0.4) is 0 Å². The van der Waals surface area contributed by atoms with E-state index in [1.807, 2.05) is 0 Å². The summed E-state index contributed by atoms with van der Waals surface area (Å²) < 4.78 is 77.8. The van der Waals surface area contributed by atoms with Gasteiger partial charge in [0.2, 0.25) is 0 Å². The van der Waals surface area contributed by atoms with Crippen LogP contribution in [0.5, 0.6) is 0 Å². The number of carboxylic acids is 1. The number of benzene rings is 2. The molecular weight excluding hydrogens is 424 g/mol. The van der Waals surface area contributed by atoms with Gasteiger partial charge in [-0.1, -0.05) is 30.3 Å². The van der Waals surface area contributed by atoms with Gasteiger partial charge in [0.05, 0.1) is 11.1 Å². The number of alkyl halides is 6. The van der Waals surface area contributed by atoms with Gasteiger partial charge in [-0.2, -0.15) is 26.3 Å². The number of aliphatic carboxylic acids is 1. The van der Waals surface area contributed by atoms with Crippen molar-refractivity contribution in [3.05, 3.63) is 82.4 Å². The average Bonchev–Trinajstić information content (AvgIpc) is 2.62. The van der Waals surface area contributed by atoms with Crippen molar-refractivity contribution in [1.29, 1.82) is 0 Å². The maximum absolute atomic E-state index is 13.0. The van der Waals surface area contributed by atoms with E-state index in [0.29, 0.717) is 18.3 Å². The van der Waals surface area contributed by atoms with Crippen molar-refractivity contribution in [2.75, 3.05) is 0 Å². The van der Waals surface area contributed by atoms with Crippen LogP contribution in [0.25, 0.3) is 0 Å². The fraction of sp³-hybridized carbons (Fsp3) is 0.158. The molecule has 0 aromatic heterocycles. The van der Waals surface area contributed by atoms with Gasteiger partial charge in [0.15, 0.2) is 5.54 Å². The van der Waals surface area contributed by atoms with Gasteiger partial charge in [0.25, 0.3) is 0 Å². The lowest BCUT2D eigenvalue weighted by atomic mass is 9.90. The molecule has 29 heavy (non-hydrogen) atoms. The number of hydrogen-bond donors (Lipinski definition) is 1. The molecule has 0 aliphatic carbocycles. The Morgan fingerprint density at radius 2 is 1.41 bits per heavy atom. The number of rotatable bonds is 5. The van der Waals surface area contributed by atoms with Crippen LogP contribution < -0.4 is 0 Å². The summed E-state index contributed by atoms with van der Waals surface area (Å²) in [7, 11) is 0. The smallest absolute Gasteiger partial charge is 0.416 e. The molecule has 0 aliphatic heterocycles. The van der Waals surface area contributed by atoms with Crippen molar-refractivity contribution in [3.63, 3.8) is 0 Å². The van der Waals surface area contributed by atoms with E-state index < -0.39 is 40.6 Å². The molecule has 2 aromatic rings. The van der Waals surface area contributed by atoms with Crippen LogP contribution in [0.2, 0.25) is 5.02 Å². The van der Waals surface area contributed by atoms with Crippen LogP contribution >= 0.6 is 11.6 Å². The number of aliphatic imine (C=N–C) groups is 1. The van der Waals surface area contributed by atoms with Crippen molar-refractivity contribution in [2.24, 2.45) is 4.99 Å². The maximum Gasteiger partial charge on any atom is 0.416 e. The normalized spacial score (nSPS) is 14.6. The van der Waals surface area contributed by atoms with Crippen molar-refractivity contribution in [1.82, 2.24) is 0 Å². The molecule has 0 aliphatic rings. The molecule has 2 rings (SSSR count). The fourth-order valence-corrected chi connectivity index (χ4v) is 2.57. The Morgan fingerprint density at radius 3 is 1.79 bits per heavy atom. The number of halogens is 7. The first-order chi connectivity index (χ1) is 13.3. The zero-order valence-electron chi connectivity index (χ0n) is 14.4. The van der Waals surface area contributed by atoms with Crippen molar-refractivity contribution in [3.8, 4) is 0 Å². The summed E-state index contributed by atoms with van der Waals surface area (Å²) in [4.78, 5) is 15.6. The van der Waals surface area contributed by atoms with Gasteiger partial charge in [0.1, 0.15) is 0 Å². The van der Waals surface area contributed by atoms with Crippen molar-refractivity contribution in [2.45, 2.75) is 17.9 Å². The lowest BCUT2D eigenvalue weighted by molar-refractivity contribution is -0.143.